The van der Waals surface area contributed by atoms with E-state index < -0.39 is 12.1 Å². The average Bonchev–Trinajstić information content (AvgIpc) is 3.00. The molecule has 2 atom stereocenters. The first-order valence-electron chi connectivity index (χ1n) is 45.3. The number of unbranched alkanes of at least 4 members (excludes halogenated alkanes) is 76. The molecule has 0 bridgehead atoms. The highest BCUT2D eigenvalue weighted by Crippen LogP contribution is 2.22. The van der Waals surface area contributed by atoms with Gasteiger partial charge >= 0.3 is 5.97 Å². The van der Waals surface area contributed by atoms with Gasteiger partial charge in [0.1, 0.15) is 0 Å². The van der Waals surface area contributed by atoms with Gasteiger partial charge in [0.05, 0.1) is 25.4 Å². The predicted molar refractivity (Wildman–Crippen MR) is 426 cm³/mol. The zero-order valence-corrected chi connectivity index (χ0v) is 66.2. The van der Waals surface area contributed by atoms with Crippen LogP contribution in [0.15, 0.2) is 0 Å². The second-order valence-corrected chi connectivity index (χ2v) is 31.7. The van der Waals surface area contributed by atoms with E-state index in [0.717, 1.165) is 38.5 Å². The van der Waals surface area contributed by atoms with Crippen LogP contribution in [0.3, 0.4) is 0 Å². The number of ether oxygens (including phenoxy) is 1. The van der Waals surface area contributed by atoms with Crippen LogP contribution >= 0.6 is 0 Å². The lowest BCUT2D eigenvalue weighted by Crippen LogP contribution is -2.45. The zero-order chi connectivity index (χ0) is 69.1. The summed E-state index contributed by atoms with van der Waals surface area (Å²) in [7, 11) is 0. The molecule has 0 rings (SSSR count). The second kappa shape index (κ2) is 86.3. The largest absolute Gasteiger partial charge is 0.466 e. The fourth-order valence-corrected chi connectivity index (χ4v) is 15.1. The van der Waals surface area contributed by atoms with Crippen LogP contribution in [-0.2, 0) is 14.3 Å². The summed E-state index contributed by atoms with van der Waals surface area (Å²) < 4.78 is 5.53. The number of aliphatic hydroxyl groups is 2. The summed E-state index contributed by atoms with van der Waals surface area (Å²) in [6.45, 7) is 5.04. The minimum absolute atomic E-state index is 0.0220. The SMILES string of the molecule is CCCCCCCCCCCCCCCCCCCCCCCCCCC(O)C(CO)NC(=O)CCCCCCCCCCCCCCCCCCCCCCCCCCCCCCCCCCCCCCCOC(=O)CCCCCCCCCCCCCCCCCCCC. The number of carbonyl (C=O) groups excluding carboxylic acids is 2. The molecule has 3 N–H and O–H groups in total. The van der Waals surface area contributed by atoms with E-state index in [9.17, 15) is 19.8 Å². The van der Waals surface area contributed by atoms with Crippen LogP contribution in [0, 0.1) is 0 Å². The van der Waals surface area contributed by atoms with Crippen LogP contribution in [0.5, 0.6) is 0 Å². The molecule has 0 radical (unpaired) electrons. The zero-order valence-electron chi connectivity index (χ0n) is 66.2. The normalized spacial score (nSPS) is 12.3. The first kappa shape index (κ1) is 94.9. The van der Waals surface area contributed by atoms with Crippen LogP contribution in [0.4, 0.5) is 0 Å². The van der Waals surface area contributed by atoms with Crippen LogP contribution in [0.1, 0.15) is 540 Å². The van der Waals surface area contributed by atoms with Crippen molar-refractivity contribution in [2.75, 3.05) is 13.2 Å². The summed E-state index contributed by atoms with van der Waals surface area (Å²) in [4.78, 5) is 24.7. The van der Waals surface area contributed by atoms with Crippen molar-refractivity contribution >= 4 is 11.9 Å². The monoisotopic (exact) mass is 1350 g/mol. The highest BCUT2D eigenvalue weighted by molar-refractivity contribution is 5.76. The van der Waals surface area contributed by atoms with E-state index in [0.29, 0.717) is 25.9 Å². The molecule has 2 unspecified atom stereocenters. The Morgan fingerprint density at radius 3 is 0.635 bits per heavy atom. The van der Waals surface area contributed by atoms with E-state index in [1.807, 2.05) is 0 Å². The van der Waals surface area contributed by atoms with Gasteiger partial charge in [-0.2, -0.15) is 0 Å². The molecule has 0 aliphatic rings. The Kier molecular flexibility index (Phi) is 85.2. The van der Waals surface area contributed by atoms with Gasteiger partial charge in [0, 0.05) is 12.8 Å². The first-order chi connectivity index (χ1) is 47.5. The molecule has 0 fully saturated rings. The number of hydrogen-bond donors (Lipinski definition) is 3. The molecule has 0 spiro atoms. The Morgan fingerprint density at radius 1 is 0.250 bits per heavy atom. The maximum Gasteiger partial charge on any atom is 0.305 e. The highest BCUT2D eigenvalue weighted by Gasteiger charge is 2.20. The van der Waals surface area contributed by atoms with Gasteiger partial charge in [-0.15, -0.1) is 0 Å². The molecular formula is C90H179NO5. The quantitative estimate of drug-likeness (QED) is 0.0417. The van der Waals surface area contributed by atoms with Crippen LogP contribution < -0.4 is 5.32 Å². The van der Waals surface area contributed by atoms with Crippen molar-refractivity contribution in [3.8, 4) is 0 Å². The Labute approximate surface area is 604 Å². The third-order valence-corrected chi connectivity index (χ3v) is 21.9. The van der Waals surface area contributed by atoms with Crippen molar-refractivity contribution in [3.63, 3.8) is 0 Å². The van der Waals surface area contributed by atoms with E-state index >= 15 is 0 Å². The summed E-state index contributed by atoms with van der Waals surface area (Å²) in [5, 5.41) is 23.5. The third-order valence-electron chi connectivity index (χ3n) is 21.9. The molecule has 96 heavy (non-hydrogen) atoms. The van der Waals surface area contributed by atoms with Crippen molar-refractivity contribution in [1.29, 1.82) is 0 Å². The minimum Gasteiger partial charge on any atom is -0.466 e. The van der Waals surface area contributed by atoms with Crippen molar-refractivity contribution in [2.24, 2.45) is 0 Å². The van der Waals surface area contributed by atoms with E-state index in [1.54, 1.807) is 0 Å². The molecule has 0 aliphatic carbocycles. The first-order valence-corrected chi connectivity index (χ1v) is 45.3. The van der Waals surface area contributed by atoms with E-state index in [2.05, 4.69) is 19.2 Å². The number of nitrogens with one attached hydrogen (secondary N) is 1. The summed E-state index contributed by atoms with van der Waals surface area (Å²) in [5.74, 6) is 0.00764. The Hall–Kier alpha value is -1.14. The second-order valence-electron chi connectivity index (χ2n) is 31.7. The van der Waals surface area contributed by atoms with Crippen molar-refractivity contribution < 1.29 is 24.5 Å². The molecule has 0 heterocycles. The predicted octanol–water partition coefficient (Wildman–Crippen LogP) is 30.4. The van der Waals surface area contributed by atoms with Gasteiger partial charge in [-0.25, -0.2) is 0 Å². The highest BCUT2D eigenvalue weighted by atomic mass is 16.5. The van der Waals surface area contributed by atoms with Gasteiger partial charge in [-0.1, -0.05) is 502 Å². The van der Waals surface area contributed by atoms with Crippen LogP contribution in [0.25, 0.3) is 0 Å². The minimum atomic E-state index is -0.661. The molecule has 1 amide bonds. The Morgan fingerprint density at radius 2 is 0.427 bits per heavy atom. The average molecular weight is 1360 g/mol. The number of aliphatic hydroxyl groups excluding tert-OH is 2. The molecule has 0 aliphatic heterocycles. The lowest BCUT2D eigenvalue weighted by Gasteiger charge is -2.22. The molecule has 574 valence electrons. The topological polar surface area (TPSA) is 95.9 Å². The van der Waals surface area contributed by atoms with E-state index in [1.165, 1.54) is 469 Å². The number of esters is 1. The third kappa shape index (κ3) is 81.8. The smallest absolute Gasteiger partial charge is 0.305 e. The molecule has 0 saturated heterocycles. The van der Waals surface area contributed by atoms with E-state index in [-0.39, 0.29) is 18.5 Å². The molecule has 6 heteroatoms. The van der Waals surface area contributed by atoms with Gasteiger partial charge in [0.2, 0.25) is 5.91 Å². The van der Waals surface area contributed by atoms with Crippen molar-refractivity contribution in [1.82, 2.24) is 5.32 Å². The lowest BCUT2D eigenvalue weighted by molar-refractivity contribution is -0.143. The number of rotatable bonds is 87. The summed E-state index contributed by atoms with van der Waals surface area (Å²) in [6, 6.07) is -0.538. The molecule has 0 aromatic rings. The van der Waals surface area contributed by atoms with Crippen molar-refractivity contribution in [3.05, 3.63) is 0 Å². The van der Waals surface area contributed by atoms with Crippen LogP contribution in [0.2, 0.25) is 0 Å². The molecule has 6 nitrogen and oxygen atoms in total. The van der Waals surface area contributed by atoms with Gasteiger partial charge in [-0.3, -0.25) is 9.59 Å². The Balaban J connectivity index is 3.29. The van der Waals surface area contributed by atoms with E-state index in [4.69, 9.17) is 4.74 Å². The maximum absolute atomic E-state index is 12.6. The molecule has 0 saturated carbocycles. The van der Waals surface area contributed by atoms with Crippen molar-refractivity contribution in [2.45, 2.75) is 553 Å². The maximum atomic E-state index is 12.6. The van der Waals surface area contributed by atoms with Crippen LogP contribution in [-0.4, -0.2) is 47.4 Å². The molecule has 0 aromatic heterocycles. The number of amides is 1. The van der Waals surface area contributed by atoms with Gasteiger partial charge < -0.3 is 20.3 Å². The molecular weight excluding hydrogens is 1170 g/mol. The fraction of sp³-hybridized carbons (Fsp3) is 0.978. The lowest BCUT2D eigenvalue weighted by atomic mass is 10.0. The number of carbonyl (C=O) groups is 2. The summed E-state index contributed by atoms with van der Waals surface area (Å²) in [5.41, 5.74) is 0. The van der Waals surface area contributed by atoms with Gasteiger partial charge in [-0.05, 0) is 25.7 Å². The summed E-state index contributed by atoms with van der Waals surface area (Å²) >= 11 is 0. The van der Waals surface area contributed by atoms with Gasteiger partial charge in [0.15, 0.2) is 0 Å². The fourth-order valence-electron chi connectivity index (χ4n) is 15.1. The number of hydrogen-bond acceptors (Lipinski definition) is 5. The van der Waals surface area contributed by atoms with Gasteiger partial charge in [0.25, 0.3) is 0 Å². The Bertz CT molecular complexity index is 1420. The summed E-state index contributed by atoms with van der Waals surface area (Å²) in [6.07, 6.45) is 110. The standard InChI is InChI=1S/C90H179NO5/c1-3-5-7-9-11-13-15-17-19-21-23-24-25-41-44-47-50-54-58-62-66-70-74-78-82-88(93)87(86-92)91-89(94)83-79-75-71-67-63-59-55-51-48-45-42-39-37-35-33-31-29-27-26-28-30-32-34-36-38-40-43-46-49-53-57-61-65-69-73-77-81-85-96-90(95)84-80-76-72-68-64-60-56-52-22-20-18-16-14-12-10-8-6-4-2/h87-88,92-93H,3-86H2,1-2H3,(H,91,94). The molecule has 0 aromatic carbocycles.